The smallest absolute Gasteiger partial charge is 0.108 e. The fourth-order valence-corrected chi connectivity index (χ4v) is 4.69. The largest absolute Gasteiger partial charge is 0.381 e. The van der Waals surface area contributed by atoms with Crippen LogP contribution in [0.15, 0.2) is 0 Å². The predicted molar refractivity (Wildman–Crippen MR) is 107 cm³/mol. The Bertz CT molecular complexity index is 358. The van der Waals surface area contributed by atoms with Gasteiger partial charge < -0.3 is 9.84 Å². The van der Waals surface area contributed by atoms with Gasteiger partial charge in [-0.05, 0) is 67.7 Å². The standard InChI is InChI=1S/C22H45NO2/c1-9-10-23-22(24)20(17(7)14(2)3)13-18-12-19(15(4)5)21(25-8)11-16(18)6/h14-24H,9-13H2,1-8H3. The molecule has 0 amide bonds. The average Bonchev–Trinajstić information content (AvgIpc) is 2.57. The summed E-state index contributed by atoms with van der Waals surface area (Å²) >= 11 is 0. The van der Waals surface area contributed by atoms with Gasteiger partial charge in [-0.2, -0.15) is 0 Å². The van der Waals surface area contributed by atoms with E-state index in [0.29, 0.717) is 47.5 Å². The molecule has 0 aromatic heterocycles. The Hall–Kier alpha value is -0.120. The molecule has 150 valence electrons. The van der Waals surface area contributed by atoms with Crippen LogP contribution in [0.1, 0.15) is 74.1 Å². The van der Waals surface area contributed by atoms with Gasteiger partial charge in [-0.3, -0.25) is 5.32 Å². The number of hydrogen-bond donors (Lipinski definition) is 2. The Morgan fingerprint density at radius 2 is 1.76 bits per heavy atom. The van der Waals surface area contributed by atoms with Gasteiger partial charge in [-0.1, -0.05) is 48.5 Å². The molecule has 0 saturated heterocycles. The number of nitrogens with one attached hydrogen (secondary N) is 1. The molecular weight excluding hydrogens is 310 g/mol. The summed E-state index contributed by atoms with van der Waals surface area (Å²) in [5, 5.41) is 14.2. The van der Waals surface area contributed by atoms with Gasteiger partial charge >= 0.3 is 0 Å². The predicted octanol–water partition coefficient (Wildman–Crippen LogP) is 4.94. The molecule has 7 unspecified atom stereocenters. The van der Waals surface area contributed by atoms with Crippen molar-refractivity contribution in [2.24, 2.45) is 41.4 Å². The first-order valence-corrected chi connectivity index (χ1v) is 10.7. The van der Waals surface area contributed by atoms with E-state index in [1.807, 2.05) is 7.11 Å². The third-order valence-electron chi connectivity index (χ3n) is 6.93. The molecule has 3 heteroatoms. The van der Waals surface area contributed by atoms with Crippen molar-refractivity contribution in [3.05, 3.63) is 0 Å². The summed E-state index contributed by atoms with van der Waals surface area (Å²) < 4.78 is 5.81. The lowest BCUT2D eigenvalue weighted by Gasteiger charge is -2.44. The topological polar surface area (TPSA) is 41.5 Å². The molecule has 0 aromatic carbocycles. The van der Waals surface area contributed by atoms with Crippen molar-refractivity contribution < 1.29 is 9.84 Å². The maximum Gasteiger partial charge on any atom is 0.108 e. The molecule has 0 radical (unpaired) electrons. The van der Waals surface area contributed by atoms with E-state index < -0.39 is 0 Å². The third-order valence-corrected chi connectivity index (χ3v) is 6.93. The fourth-order valence-electron chi connectivity index (χ4n) is 4.69. The van der Waals surface area contributed by atoms with Crippen molar-refractivity contribution in [3.63, 3.8) is 0 Å². The summed E-state index contributed by atoms with van der Waals surface area (Å²) in [6.07, 6.45) is 4.59. The molecule has 1 aliphatic rings. The first-order valence-electron chi connectivity index (χ1n) is 10.7. The molecule has 2 N–H and O–H groups in total. The minimum atomic E-state index is -0.387. The van der Waals surface area contributed by atoms with Crippen LogP contribution in [0.4, 0.5) is 0 Å². The summed E-state index contributed by atoms with van der Waals surface area (Å²) in [4.78, 5) is 0. The molecule has 7 atom stereocenters. The van der Waals surface area contributed by atoms with Crippen LogP contribution in [0.2, 0.25) is 0 Å². The van der Waals surface area contributed by atoms with Gasteiger partial charge in [0.25, 0.3) is 0 Å². The number of rotatable bonds is 10. The lowest BCUT2D eigenvalue weighted by molar-refractivity contribution is -0.0479. The zero-order chi connectivity index (χ0) is 19.1. The summed E-state index contributed by atoms with van der Waals surface area (Å²) in [6.45, 7) is 17.0. The van der Waals surface area contributed by atoms with Crippen molar-refractivity contribution in [2.75, 3.05) is 13.7 Å². The van der Waals surface area contributed by atoms with E-state index in [9.17, 15) is 5.11 Å². The highest BCUT2D eigenvalue weighted by Gasteiger charge is 2.39. The Labute approximate surface area is 157 Å². The van der Waals surface area contributed by atoms with Crippen molar-refractivity contribution >= 4 is 0 Å². The van der Waals surface area contributed by atoms with Crippen LogP contribution in [0.25, 0.3) is 0 Å². The van der Waals surface area contributed by atoms with Gasteiger partial charge in [-0.15, -0.1) is 0 Å². The molecule has 1 fully saturated rings. The van der Waals surface area contributed by atoms with Gasteiger partial charge in [0.05, 0.1) is 6.10 Å². The van der Waals surface area contributed by atoms with Gasteiger partial charge in [0.2, 0.25) is 0 Å². The molecule has 0 bridgehead atoms. The quantitative estimate of drug-likeness (QED) is 0.546. The van der Waals surface area contributed by atoms with Crippen molar-refractivity contribution in [1.29, 1.82) is 0 Å². The zero-order valence-corrected chi connectivity index (χ0v) is 18.1. The molecular formula is C22H45NO2. The van der Waals surface area contributed by atoms with E-state index >= 15 is 0 Å². The molecule has 1 aliphatic carbocycles. The Balaban J connectivity index is 2.86. The van der Waals surface area contributed by atoms with Crippen molar-refractivity contribution in [2.45, 2.75) is 86.5 Å². The molecule has 0 aliphatic heterocycles. The van der Waals surface area contributed by atoms with Crippen LogP contribution in [-0.4, -0.2) is 31.1 Å². The van der Waals surface area contributed by atoms with E-state index in [1.165, 1.54) is 6.42 Å². The molecule has 25 heavy (non-hydrogen) atoms. The summed E-state index contributed by atoms with van der Waals surface area (Å²) in [5.41, 5.74) is 0. The molecule has 3 nitrogen and oxygen atoms in total. The monoisotopic (exact) mass is 355 g/mol. The van der Waals surface area contributed by atoms with Crippen LogP contribution in [0.5, 0.6) is 0 Å². The third kappa shape index (κ3) is 6.52. The van der Waals surface area contributed by atoms with Gasteiger partial charge in [-0.25, -0.2) is 0 Å². The molecule has 0 heterocycles. The Morgan fingerprint density at radius 1 is 1.12 bits per heavy atom. The molecule has 0 aromatic rings. The lowest BCUT2D eigenvalue weighted by Crippen LogP contribution is -2.44. The number of hydrogen-bond acceptors (Lipinski definition) is 3. The van der Waals surface area contributed by atoms with Crippen LogP contribution >= 0.6 is 0 Å². The Morgan fingerprint density at radius 3 is 2.24 bits per heavy atom. The second kappa shape index (κ2) is 10.9. The van der Waals surface area contributed by atoms with E-state index in [0.717, 1.165) is 25.8 Å². The number of aliphatic hydroxyl groups excluding tert-OH is 1. The minimum Gasteiger partial charge on any atom is -0.381 e. The first kappa shape index (κ1) is 22.9. The number of ether oxygens (including phenoxy) is 1. The fraction of sp³-hybridized carbons (Fsp3) is 1.00. The highest BCUT2D eigenvalue weighted by Crippen LogP contribution is 2.43. The van der Waals surface area contributed by atoms with Crippen LogP contribution in [0, 0.1) is 41.4 Å². The average molecular weight is 356 g/mol. The van der Waals surface area contributed by atoms with E-state index in [1.54, 1.807) is 0 Å². The Kier molecular flexibility index (Phi) is 9.98. The first-order chi connectivity index (χ1) is 11.7. The molecule has 0 spiro atoms. The normalized spacial score (nSPS) is 31.3. The van der Waals surface area contributed by atoms with Gasteiger partial charge in [0.15, 0.2) is 0 Å². The maximum absolute atomic E-state index is 10.8. The van der Waals surface area contributed by atoms with Crippen LogP contribution in [0.3, 0.4) is 0 Å². The minimum absolute atomic E-state index is 0.325. The zero-order valence-electron chi connectivity index (χ0n) is 18.1. The van der Waals surface area contributed by atoms with E-state index in [-0.39, 0.29) is 6.23 Å². The van der Waals surface area contributed by atoms with Crippen LogP contribution < -0.4 is 5.32 Å². The van der Waals surface area contributed by atoms with Crippen LogP contribution in [-0.2, 0) is 4.74 Å². The summed E-state index contributed by atoms with van der Waals surface area (Å²) in [5.74, 6) is 4.08. The lowest BCUT2D eigenvalue weighted by atomic mass is 9.65. The summed E-state index contributed by atoms with van der Waals surface area (Å²) in [7, 11) is 1.87. The highest BCUT2D eigenvalue weighted by molar-refractivity contribution is 4.89. The SMILES string of the molecule is CCCNC(O)C(CC1CC(C(C)C)C(OC)CC1C)C(C)C(C)C. The second-order valence-electron chi connectivity index (χ2n) is 9.29. The van der Waals surface area contributed by atoms with Gasteiger partial charge in [0, 0.05) is 13.0 Å². The highest BCUT2D eigenvalue weighted by atomic mass is 16.5. The van der Waals surface area contributed by atoms with E-state index in [2.05, 4.69) is 53.8 Å². The van der Waals surface area contributed by atoms with Gasteiger partial charge in [0.1, 0.15) is 6.23 Å². The number of methoxy groups -OCH3 is 1. The summed E-state index contributed by atoms with van der Waals surface area (Å²) in [6, 6.07) is 0. The van der Waals surface area contributed by atoms with Crippen molar-refractivity contribution in [1.82, 2.24) is 5.32 Å². The molecule has 1 rings (SSSR count). The van der Waals surface area contributed by atoms with E-state index in [4.69, 9.17) is 4.74 Å². The van der Waals surface area contributed by atoms with Crippen molar-refractivity contribution in [3.8, 4) is 0 Å². The maximum atomic E-state index is 10.8. The number of aliphatic hydroxyl groups is 1. The molecule has 1 saturated carbocycles. The second-order valence-corrected chi connectivity index (χ2v) is 9.29.